The number of hydrogen-bond acceptors (Lipinski definition) is 4. The van der Waals surface area contributed by atoms with Crippen LogP contribution < -0.4 is 15.4 Å². The molecule has 0 aliphatic carbocycles. The molecule has 0 fully saturated rings. The van der Waals surface area contributed by atoms with E-state index in [4.69, 9.17) is 4.74 Å². The Kier molecular flexibility index (Phi) is 5.71. The quantitative estimate of drug-likeness (QED) is 0.635. The molecule has 0 bridgehead atoms. The molecule has 2 N–H and O–H groups in total. The molecule has 3 aromatic rings. The number of carbonyl (C=O) groups is 1. The molecular formula is C22H23N3O2. The SMILES string of the molecule is Cc1cccc(Nc2ccnc(C(=O)Nc3ccc(OC(C)C)cc3)c2)c1. The molecule has 0 unspecified atom stereocenters. The predicted octanol–water partition coefficient (Wildman–Crippen LogP) is 5.17. The van der Waals surface area contributed by atoms with Crippen LogP contribution in [0.4, 0.5) is 17.1 Å². The first-order valence-corrected chi connectivity index (χ1v) is 8.87. The van der Waals surface area contributed by atoms with Gasteiger partial charge in [-0.1, -0.05) is 12.1 Å². The van der Waals surface area contributed by atoms with Crippen molar-refractivity contribution in [3.63, 3.8) is 0 Å². The van der Waals surface area contributed by atoms with Gasteiger partial charge < -0.3 is 15.4 Å². The normalized spacial score (nSPS) is 10.5. The first-order valence-electron chi connectivity index (χ1n) is 8.87. The van der Waals surface area contributed by atoms with Gasteiger partial charge in [-0.3, -0.25) is 9.78 Å². The molecular weight excluding hydrogens is 338 g/mol. The van der Waals surface area contributed by atoms with Crippen molar-refractivity contribution in [1.29, 1.82) is 0 Å². The Labute approximate surface area is 159 Å². The molecule has 2 aromatic carbocycles. The first-order chi connectivity index (χ1) is 13.0. The fourth-order valence-electron chi connectivity index (χ4n) is 2.61. The Bertz CT molecular complexity index is 921. The van der Waals surface area contributed by atoms with E-state index in [2.05, 4.69) is 15.6 Å². The Morgan fingerprint density at radius 1 is 0.963 bits per heavy atom. The van der Waals surface area contributed by atoms with E-state index in [0.717, 1.165) is 22.7 Å². The molecule has 0 saturated carbocycles. The molecule has 0 aliphatic rings. The zero-order valence-corrected chi connectivity index (χ0v) is 15.7. The first kappa shape index (κ1) is 18.5. The Balaban J connectivity index is 1.68. The zero-order valence-electron chi connectivity index (χ0n) is 15.7. The highest BCUT2D eigenvalue weighted by molar-refractivity contribution is 6.03. The summed E-state index contributed by atoms with van der Waals surface area (Å²) in [6, 6.07) is 18.9. The molecule has 1 aromatic heterocycles. The van der Waals surface area contributed by atoms with Crippen molar-refractivity contribution in [2.24, 2.45) is 0 Å². The van der Waals surface area contributed by atoms with Crippen LogP contribution in [0.3, 0.4) is 0 Å². The second kappa shape index (κ2) is 8.36. The molecule has 0 aliphatic heterocycles. The lowest BCUT2D eigenvalue weighted by atomic mass is 10.2. The van der Waals surface area contributed by atoms with Gasteiger partial charge in [0.05, 0.1) is 6.10 Å². The third kappa shape index (κ3) is 5.31. The second-order valence-electron chi connectivity index (χ2n) is 6.57. The maximum absolute atomic E-state index is 12.5. The monoisotopic (exact) mass is 361 g/mol. The van der Waals surface area contributed by atoms with Crippen LogP contribution in [0.5, 0.6) is 5.75 Å². The maximum atomic E-state index is 12.5. The fourth-order valence-corrected chi connectivity index (χ4v) is 2.61. The van der Waals surface area contributed by atoms with E-state index >= 15 is 0 Å². The van der Waals surface area contributed by atoms with Crippen LogP contribution in [-0.2, 0) is 0 Å². The molecule has 1 heterocycles. The van der Waals surface area contributed by atoms with E-state index in [1.54, 1.807) is 12.3 Å². The number of carbonyl (C=O) groups excluding carboxylic acids is 1. The van der Waals surface area contributed by atoms with Crippen molar-refractivity contribution in [3.8, 4) is 5.75 Å². The Morgan fingerprint density at radius 3 is 2.41 bits per heavy atom. The van der Waals surface area contributed by atoms with Crippen LogP contribution in [0.25, 0.3) is 0 Å². The average Bonchev–Trinajstić information content (AvgIpc) is 2.63. The van der Waals surface area contributed by atoms with Crippen molar-refractivity contribution in [2.75, 3.05) is 10.6 Å². The molecule has 1 amide bonds. The predicted molar refractivity (Wildman–Crippen MR) is 109 cm³/mol. The standard InChI is InChI=1S/C22H23N3O2/c1-15(2)27-20-9-7-17(8-10-20)25-22(26)21-14-19(11-12-23-21)24-18-6-4-5-16(3)13-18/h4-15H,1-3H3,(H,23,24)(H,25,26). The van der Waals surface area contributed by atoms with Gasteiger partial charge in [0, 0.05) is 23.3 Å². The lowest BCUT2D eigenvalue weighted by Crippen LogP contribution is -2.14. The summed E-state index contributed by atoms with van der Waals surface area (Å²) in [5.74, 6) is 0.505. The number of rotatable bonds is 6. The minimum atomic E-state index is -0.263. The molecule has 138 valence electrons. The lowest BCUT2D eigenvalue weighted by Gasteiger charge is -2.11. The van der Waals surface area contributed by atoms with Crippen LogP contribution in [0, 0.1) is 6.92 Å². The summed E-state index contributed by atoms with van der Waals surface area (Å²) in [6.07, 6.45) is 1.73. The van der Waals surface area contributed by atoms with Crippen molar-refractivity contribution in [1.82, 2.24) is 4.98 Å². The topological polar surface area (TPSA) is 63.2 Å². The van der Waals surface area contributed by atoms with Gasteiger partial charge in [0.1, 0.15) is 11.4 Å². The highest BCUT2D eigenvalue weighted by Crippen LogP contribution is 2.20. The minimum Gasteiger partial charge on any atom is -0.491 e. The molecule has 5 heteroatoms. The summed E-state index contributed by atoms with van der Waals surface area (Å²) in [6.45, 7) is 5.98. The van der Waals surface area contributed by atoms with Crippen molar-refractivity contribution in [3.05, 3.63) is 78.1 Å². The molecule has 5 nitrogen and oxygen atoms in total. The summed E-state index contributed by atoms with van der Waals surface area (Å²) >= 11 is 0. The molecule has 0 spiro atoms. The summed E-state index contributed by atoms with van der Waals surface area (Å²) in [5.41, 5.74) is 3.97. The van der Waals surface area contributed by atoms with E-state index in [-0.39, 0.29) is 12.0 Å². The smallest absolute Gasteiger partial charge is 0.274 e. The van der Waals surface area contributed by atoms with E-state index in [1.807, 2.05) is 75.4 Å². The molecule has 0 saturated heterocycles. The van der Waals surface area contributed by atoms with E-state index in [9.17, 15) is 4.79 Å². The van der Waals surface area contributed by atoms with Crippen LogP contribution >= 0.6 is 0 Å². The van der Waals surface area contributed by atoms with Crippen molar-refractivity contribution < 1.29 is 9.53 Å². The third-order valence-corrected chi connectivity index (χ3v) is 3.78. The Hall–Kier alpha value is -3.34. The summed E-state index contributed by atoms with van der Waals surface area (Å²) < 4.78 is 5.61. The third-order valence-electron chi connectivity index (χ3n) is 3.78. The number of benzene rings is 2. The summed E-state index contributed by atoms with van der Waals surface area (Å²) in [5, 5.41) is 6.15. The summed E-state index contributed by atoms with van der Waals surface area (Å²) in [4.78, 5) is 16.7. The molecule has 3 rings (SSSR count). The number of anilines is 3. The number of hydrogen-bond donors (Lipinski definition) is 2. The van der Waals surface area contributed by atoms with Gasteiger partial charge in [-0.05, 0) is 74.9 Å². The van der Waals surface area contributed by atoms with Gasteiger partial charge in [-0.25, -0.2) is 0 Å². The van der Waals surface area contributed by atoms with Crippen LogP contribution in [-0.4, -0.2) is 17.0 Å². The van der Waals surface area contributed by atoms with Gasteiger partial charge >= 0.3 is 0 Å². The van der Waals surface area contributed by atoms with E-state index in [0.29, 0.717) is 11.4 Å². The highest BCUT2D eigenvalue weighted by atomic mass is 16.5. The number of nitrogens with zero attached hydrogens (tertiary/aromatic N) is 1. The fraction of sp³-hybridized carbons (Fsp3) is 0.182. The molecule has 27 heavy (non-hydrogen) atoms. The van der Waals surface area contributed by atoms with Crippen LogP contribution in [0.2, 0.25) is 0 Å². The average molecular weight is 361 g/mol. The second-order valence-corrected chi connectivity index (χ2v) is 6.57. The van der Waals surface area contributed by atoms with E-state index in [1.165, 1.54) is 0 Å². The van der Waals surface area contributed by atoms with Gasteiger partial charge in [-0.15, -0.1) is 0 Å². The summed E-state index contributed by atoms with van der Waals surface area (Å²) in [7, 11) is 0. The van der Waals surface area contributed by atoms with E-state index < -0.39 is 0 Å². The van der Waals surface area contributed by atoms with Crippen LogP contribution in [0.15, 0.2) is 66.9 Å². The number of aromatic nitrogens is 1. The largest absolute Gasteiger partial charge is 0.491 e. The van der Waals surface area contributed by atoms with Gasteiger partial charge in [0.15, 0.2) is 0 Å². The Morgan fingerprint density at radius 2 is 1.70 bits per heavy atom. The highest BCUT2D eigenvalue weighted by Gasteiger charge is 2.09. The maximum Gasteiger partial charge on any atom is 0.274 e. The molecule has 0 radical (unpaired) electrons. The molecule has 0 atom stereocenters. The number of aryl methyl sites for hydroxylation is 1. The number of ether oxygens (including phenoxy) is 1. The number of amides is 1. The minimum absolute atomic E-state index is 0.110. The van der Waals surface area contributed by atoms with Gasteiger partial charge in [-0.2, -0.15) is 0 Å². The van der Waals surface area contributed by atoms with Crippen LogP contribution in [0.1, 0.15) is 29.9 Å². The lowest BCUT2D eigenvalue weighted by molar-refractivity contribution is 0.102. The van der Waals surface area contributed by atoms with Gasteiger partial charge in [0.25, 0.3) is 5.91 Å². The number of nitrogens with one attached hydrogen (secondary N) is 2. The number of pyridine rings is 1. The van der Waals surface area contributed by atoms with Gasteiger partial charge in [0.2, 0.25) is 0 Å². The van der Waals surface area contributed by atoms with Crippen molar-refractivity contribution in [2.45, 2.75) is 26.9 Å². The van der Waals surface area contributed by atoms with Crippen molar-refractivity contribution >= 4 is 23.0 Å². The zero-order chi connectivity index (χ0) is 19.2.